The smallest absolute Gasteiger partial charge is 0.0862 e. The molecule has 3 aliphatic rings. The van der Waals surface area contributed by atoms with Crippen LogP contribution in [0.4, 0.5) is 0 Å². The highest BCUT2D eigenvalue weighted by Gasteiger charge is 2.50. The van der Waals surface area contributed by atoms with Gasteiger partial charge in [0.15, 0.2) is 0 Å². The molecule has 0 atom stereocenters. The maximum absolute atomic E-state index is 4.52. The van der Waals surface area contributed by atoms with Crippen molar-refractivity contribution in [2.75, 3.05) is 0 Å². The summed E-state index contributed by atoms with van der Waals surface area (Å²) < 4.78 is 0. The van der Waals surface area contributed by atoms with Crippen molar-refractivity contribution in [3.63, 3.8) is 0 Å². The van der Waals surface area contributed by atoms with E-state index in [1.54, 1.807) is 38.5 Å². The van der Waals surface area contributed by atoms with E-state index in [9.17, 15) is 0 Å². The van der Waals surface area contributed by atoms with Gasteiger partial charge in [-0.1, -0.05) is 96.3 Å². The Balaban J connectivity index is 1.87. The van der Waals surface area contributed by atoms with E-state index < -0.39 is 8.07 Å². The van der Waals surface area contributed by atoms with Gasteiger partial charge in [0, 0.05) is 0 Å². The summed E-state index contributed by atoms with van der Waals surface area (Å²) in [5.74, 6) is 0. The molecule has 3 rings (SSSR count). The zero-order chi connectivity index (χ0) is 14.5. The molecule has 0 radical (unpaired) electrons. The fourth-order valence-electron chi connectivity index (χ4n) is 6.31. The second-order valence-electron chi connectivity index (χ2n) is 8.21. The summed E-state index contributed by atoms with van der Waals surface area (Å²) in [5.41, 5.74) is 5.97. The Labute approximate surface area is 133 Å². The third-order valence-electron chi connectivity index (χ3n) is 7.29. The van der Waals surface area contributed by atoms with Crippen molar-refractivity contribution in [1.29, 1.82) is 0 Å². The fourth-order valence-corrected chi connectivity index (χ4v) is 13.5. The van der Waals surface area contributed by atoms with Crippen molar-refractivity contribution in [1.82, 2.24) is 0 Å². The second kappa shape index (κ2) is 7.48. The quantitative estimate of drug-likeness (QED) is 0.483. The summed E-state index contributed by atoms with van der Waals surface area (Å²) in [4.78, 5) is 0. The Hall–Kier alpha value is -0.0431. The van der Waals surface area contributed by atoms with Crippen LogP contribution in [0, 0.1) is 0 Å². The fraction of sp³-hybridized carbons (Fsp3) is 0.900. The average Bonchev–Trinajstić information content (AvgIpc) is 2.59. The number of hydrogen-bond acceptors (Lipinski definition) is 0. The van der Waals surface area contributed by atoms with Crippen molar-refractivity contribution in [3.8, 4) is 0 Å². The summed E-state index contributed by atoms with van der Waals surface area (Å²) in [6.07, 6.45) is 23.0. The van der Waals surface area contributed by atoms with Gasteiger partial charge in [-0.2, -0.15) is 0 Å². The van der Waals surface area contributed by atoms with Crippen LogP contribution in [0.25, 0.3) is 0 Å². The maximum Gasteiger partial charge on any atom is 0.0862 e. The lowest BCUT2D eigenvalue weighted by Crippen LogP contribution is -2.49. The van der Waals surface area contributed by atoms with Gasteiger partial charge in [-0.3, -0.25) is 0 Å². The molecule has 0 unspecified atom stereocenters. The van der Waals surface area contributed by atoms with E-state index in [0.29, 0.717) is 0 Å². The summed E-state index contributed by atoms with van der Waals surface area (Å²) in [5, 5.41) is 0. The van der Waals surface area contributed by atoms with E-state index >= 15 is 0 Å². The molecule has 21 heavy (non-hydrogen) atoms. The van der Waals surface area contributed by atoms with Crippen LogP contribution in [0.15, 0.2) is 12.3 Å². The largest absolute Gasteiger partial charge is 0.107 e. The Morgan fingerprint density at radius 3 is 1.05 bits per heavy atom. The molecule has 0 N–H and O–H groups in total. The Bertz CT molecular complexity index is 271. The summed E-state index contributed by atoms with van der Waals surface area (Å²) in [6, 6.07) is 0. The topological polar surface area (TPSA) is 0 Å². The van der Waals surface area contributed by atoms with Gasteiger partial charge < -0.3 is 0 Å². The predicted octanol–water partition coefficient (Wildman–Crippen LogP) is 7.16. The van der Waals surface area contributed by atoms with Gasteiger partial charge >= 0.3 is 0 Å². The molecule has 3 fully saturated rings. The Morgan fingerprint density at radius 1 is 0.524 bits per heavy atom. The summed E-state index contributed by atoms with van der Waals surface area (Å²) in [7, 11) is -1.30. The van der Waals surface area contributed by atoms with Crippen molar-refractivity contribution >= 4 is 8.07 Å². The molecule has 120 valence electrons. The van der Waals surface area contributed by atoms with E-state index in [2.05, 4.69) is 12.3 Å². The zero-order valence-corrected chi connectivity index (χ0v) is 15.1. The molecule has 0 heterocycles. The lowest BCUT2D eigenvalue weighted by molar-refractivity contribution is 0.420. The molecular formula is C20H36Si. The van der Waals surface area contributed by atoms with E-state index in [1.807, 2.05) is 0 Å². The van der Waals surface area contributed by atoms with Gasteiger partial charge in [-0.05, 0) is 16.6 Å². The van der Waals surface area contributed by atoms with Gasteiger partial charge in [0.05, 0.1) is 8.07 Å². The number of rotatable bonds is 4. The standard InChI is InChI=1S/C20H36Si/c1-2-21(18-12-6-3-7-13-18,19-14-8-4-9-15-19)20-16-10-5-11-17-20/h2,18-20H,1,3-17H2. The lowest BCUT2D eigenvalue weighted by Gasteiger charge is -2.51. The Kier molecular flexibility index (Phi) is 5.64. The minimum atomic E-state index is -1.30. The molecule has 0 bridgehead atoms. The molecule has 0 aromatic rings. The van der Waals surface area contributed by atoms with Crippen molar-refractivity contribution in [2.24, 2.45) is 0 Å². The van der Waals surface area contributed by atoms with Gasteiger partial charge in [0.2, 0.25) is 0 Å². The molecule has 0 amide bonds. The van der Waals surface area contributed by atoms with Crippen LogP contribution in [0.2, 0.25) is 16.6 Å². The summed E-state index contributed by atoms with van der Waals surface area (Å²) >= 11 is 0. The van der Waals surface area contributed by atoms with E-state index in [-0.39, 0.29) is 0 Å². The van der Waals surface area contributed by atoms with Gasteiger partial charge in [0.25, 0.3) is 0 Å². The first-order valence-electron chi connectivity index (χ1n) is 10.0. The molecule has 0 nitrogen and oxygen atoms in total. The van der Waals surface area contributed by atoms with E-state index in [0.717, 1.165) is 16.6 Å². The lowest BCUT2D eigenvalue weighted by atomic mass is 9.98. The zero-order valence-electron chi connectivity index (χ0n) is 14.1. The highest BCUT2D eigenvalue weighted by Crippen LogP contribution is 2.57. The van der Waals surface area contributed by atoms with Crippen LogP contribution in [0.3, 0.4) is 0 Å². The first-order valence-corrected chi connectivity index (χ1v) is 12.3. The third kappa shape index (κ3) is 3.18. The minimum Gasteiger partial charge on any atom is -0.107 e. The van der Waals surface area contributed by atoms with Gasteiger partial charge in [-0.15, -0.1) is 12.3 Å². The summed E-state index contributed by atoms with van der Waals surface area (Å²) in [6.45, 7) is 4.52. The SMILES string of the molecule is C=C[Si](C1CCCCC1)(C1CCCCC1)C1CCCCC1. The average molecular weight is 305 g/mol. The molecule has 0 aliphatic heterocycles. The second-order valence-corrected chi connectivity index (χ2v) is 13.1. The first kappa shape index (κ1) is 15.8. The predicted molar refractivity (Wildman–Crippen MR) is 96.5 cm³/mol. The Morgan fingerprint density at radius 2 is 0.810 bits per heavy atom. The van der Waals surface area contributed by atoms with Crippen LogP contribution >= 0.6 is 0 Å². The number of hydrogen-bond donors (Lipinski definition) is 0. The first-order chi connectivity index (χ1) is 10.4. The molecular weight excluding hydrogens is 268 g/mol. The molecule has 1 heteroatoms. The molecule has 0 saturated heterocycles. The van der Waals surface area contributed by atoms with Crippen molar-refractivity contribution in [2.45, 2.75) is 113 Å². The van der Waals surface area contributed by atoms with Gasteiger partial charge in [-0.25, -0.2) is 0 Å². The highest BCUT2D eigenvalue weighted by atomic mass is 28.3. The van der Waals surface area contributed by atoms with Crippen LogP contribution in [0.1, 0.15) is 96.3 Å². The normalized spacial score (nSPS) is 27.6. The van der Waals surface area contributed by atoms with Crippen LogP contribution in [-0.2, 0) is 0 Å². The highest BCUT2D eigenvalue weighted by molar-refractivity contribution is 6.88. The minimum absolute atomic E-state index is 1.11. The van der Waals surface area contributed by atoms with E-state index in [4.69, 9.17) is 0 Å². The monoisotopic (exact) mass is 304 g/mol. The van der Waals surface area contributed by atoms with Gasteiger partial charge in [0.1, 0.15) is 0 Å². The maximum atomic E-state index is 4.52. The molecule has 3 saturated carbocycles. The van der Waals surface area contributed by atoms with Crippen LogP contribution in [-0.4, -0.2) is 8.07 Å². The van der Waals surface area contributed by atoms with Crippen molar-refractivity contribution in [3.05, 3.63) is 12.3 Å². The molecule has 3 aliphatic carbocycles. The third-order valence-corrected chi connectivity index (χ3v) is 14.0. The van der Waals surface area contributed by atoms with E-state index in [1.165, 1.54) is 57.8 Å². The molecule has 0 spiro atoms. The van der Waals surface area contributed by atoms with Crippen LogP contribution < -0.4 is 0 Å². The van der Waals surface area contributed by atoms with Crippen LogP contribution in [0.5, 0.6) is 0 Å². The van der Waals surface area contributed by atoms with Crippen molar-refractivity contribution < 1.29 is 0 Å². The molecule has 0 aromatic carbocycles. The molecule has 0 aromatic heterocycles.